The third-order valence-electron chi connectivity index (χ3n) is 7.28. The number of hydrogen-bond donors (Lipinski definition) is 0. The zero-order chi connectivity index (χ0) is 28.7. The lowest BCUT2D eigenvalue weighted by molar-refractivity contribution is -0.139. The van der Waals surface area contributed by atoms with Crippen LogP contribution in [0.25, 0.3) is 11.8 Å². The van der Waals surface area contributed by atoms with E-state index < -0.39 is 12.0 Å². The molecule has 0 fully saturated rings. The number of rotatable bonds is 6. The van der Waals surface area contributed by atoms with Crippen molar-refractivity contribution in [3.05, 3.63) is 119 Å². The number of aryl methyl sites for hydroxylation is 1. The van der Waals surface area contributed by atoms with Crippen LogP contribution in [0.3, 0.4) is 0 Å². The summed E-state index contributed by atoms with van der Waals surface area (Å²) in [6.07, 6.45) is 1.87. The Balaban J connectivity index is 1.67. The molecule has 0 radical (unpaired) electrons. The van der Waals surface area contributed by atoms with Crippen molar-refractivity contribution in [3.8, 4) is 5.69 Å². The first-order chi connectivity index (χ1) is 19.1. The molecule has 3 heterocycles. The number of thiazole rings is 1. The highest BCUT2D eigenvalue weighted by Gasteiger charge is 2.33. The minimum atomic E-state index is -0.648. The topological polar surface area (TPSA) is 65.6 Å². The number of carbonyl (C=O) groups excluding carboxylic acids is 1. The van der Waals surface area contributed by atoms with Crippen molar-refractivity contribution in [3.63, 3.8) is 0 Å². The molecule has 0 bridgehead atoms. The third kappa shape index (κ3) is 4.88. The van der Waals surface area contributed by atoms with E-state index in [1.165, 1.54) is 29.0 Å². The summed E-state index contributed by atoms with van der Waals surface area (Å²) in [5, 5.41) is 0. The molecule has 0 unspecified atom stereocenters. The Labute approximate surface area is 236 Å². The van der Waals surface area contributed by atoms with Crippen molar-refractivity contribution in [1.82, 2.24) is 9.13 Å². The third-order valence-corrected chi connectivity index (χ3v) is 8.26. The number of esters is 1. The fourth-order valence-electron chi connectivity index (χ4n) is 5.23. The van der Waals surface area contributed by atoms with Crippen molar-refractivity contribution in [2.75, 3.05) is 6.61 Å². The molecule has 1 aliphatic rings. The van der Waals surface area contributed by atoms with Crippen LogP contribution in [0.5, 0.6) is 0 Å². The highest BCUT2D eigenvalue weighted by molar-refractivity contribution is 7.07. The summed E-state index contributed by atoms with van der Waals surface area (Å²) in [5.41, 5.74) is 6.30. The normalized spacial score (nSPS) is 15.4. The van der Waals surface area contributed by atoms with Crippen molar-refractivity contribution >= 4 is 23.4 Å². The van der Waals surface area contributed by atoms with E-state index in [0.29, 0.717) is 26.5 Å². The molecule has 5 rings (SSSR count). The maximum Gasteiger partial charge on any atom is 0.338 e. The molecule has 0 saturated heterocycles. The van der Waals surface area contributed by atoms with Gasteiger partial charge in [0.25, 0.3) is 5.56 Å². The van der Waals surface area contributed by atoms with Crippen LogP contribution in [0, 0.1) is 19.7 Å². The van der Waals surface area contributed by atoms with E-state index in [-0.39, 0.29) is 18.0 Å². The van der Waals surface area contributed by atoms with E-state index in [4.69, 9.17) is 4.74 Å². The second-order valence-corrected chi connectivity index (χ2v) is 11.3. The molecular weight excluding hydrogens is 525 g/mol. The Bertz CT molecular complexity index is 1810. The second-order valence-electron chi connectivity index (χ2n) is 10.3. The van der Waals surface area contributed by atoms with Crippen LogP contribution in [0.1, 0.15) is 67.7 Å². The lowest BCUT2D eigenvalue weighted by Crippen LogP contribution is -2.39. The summed E-state index contributed by atoms with van der Waals surface area (Å²) in [4.78, 5) is 32.3. The molecule has 1 atom stereocenters. The number of benzene rings is 2. The summed E-state index contributed by atoms with van der Waals surface area (Å²) < 4.78 is 23.1. The van der Waals surface area contributed by atoms with Gasteiger partial charge in [-0.1, -0.05) is 49.4 Å². The highest BCUT2D eigenvalue weighted by Crippen LogP contribution is 2.31. The smallest absolute Gasteiger partial charge is 0.338 e. The number of ether oxygens (including phenoxy) is 1. The Morgan fingerprint density at radius 2 is 1.77 bits per heavy atom. The van der Waals surface area contributed by atoms with Gasteiger partial charge in [0, 0.05) is 17.1 Å². The molecule has 0 N–H and O–H groups in total. The van der Waals surface area contributed by atoms with E-state index in [9.17, 15) is 14.0 Å². The molecule has 6 nitrogen and oxygen atoms in total. The maximum atomic E-state index is 14.0. The predicted octanol–water partition coefficient (Wildman–Crippen LogP) is 5.47. The van der Waals surface area contributed by atoms with Crippen LogP contribution in [0.2, 0.25) is 0 Å². The van der Waals surface area contributed by atoms with E-state index >= 15 is 0 Å². The van der Waals surface area contributed by atoms with E-state index in [2.05, 4.69) is 18.8 Å². The van der Waals surface area contributed by atoms with E-state index in [0.717, 1.165) is 28.2 Å². The van der Waals surface area contributed by atoms with Gasteiger partial charge in [0.05, 0.1) is 28.5 Å². The molecule has 1 aliphatic heterocycles. The number of halogens is 1. The Morgan fingerprint density at radius 1 is 1.10 bits per heavy atom. The highest BCUT2D eigenvalue weighted by atomic mass is 32.1. The first kappa shape index (κ1) is 27.5. The molecule has 40 heavy (non-hydrogen) atoms. The largest absolute Gasteiger partial charge is 0.463 e. The molecule has 0 spiro atoms. The molecule has 0 saturated carbocycles. The number of hydrogen-bond acceptors (Lipinski definition) is 5. The molecule has 206 valence electrons. The van der Waals surface area contributed by atoms with Crippen LogP contribution in [-0.4, -0.2) is 21.7 Å². The van der Waals surface area contributed by atoms with Crippen molar-refractivity contribution < 1.29 is 13.9 Å². The summed E-state index contributed by atoms with van der Waals surface area (Å²) in [5.74, 6) is -0.413. The molecule has 0 amide bonds. The average molecular weight is 558 g/mol. The Kier molecular flexibility index (Phi) is 7.47. The number of fused-ring (bicyclic) bond motifs is 1. The monoisotopic (exact) mass is 557 g/mol. The van der Waals surface area contributed by atoms with Crippen molar-refractivity contribution in [1.29, 1.82) is 0 Å². The summed E-state index contributed by atoms with van der Waals surface area (Å²) in [6, 6.07) is 15.7. The fourth-order valence-corrected chi connectivity index (χ4v) is 6.27. The minimum Gasteiger partial charge on any atom is -0.463 e. The van der Waals surface area contributed by atoms with Gasteiger partial charge in [-0.25, -0.2) is 14.2 Å². The number of carbonyl (C=O) groups is 1. The van der Waals surface area contributed by atoms with Gasteiger partial charge in [-0.3, -0.25) is 9.36 Å². The lowest BCUT2D eigenvalue weighted by Gasteiger charge is -2.25. The summed E-state index contributed by atoms with van der Waals surface area (Å²) in [7, 11) is 0. The van der Waals surface area contributed by atoms with Crippen LogP contribution >= 0.6 is 11.3 Å². The van der Waals surface area contributed by atoms with Gasteiger partial charge in [0.2, 0.25) is 0 Å². The van der Waals surface area contributed by atoms with Gasteiger partial charge in [-0.05, 0) is 86.7 Å². The van der Waals surface area contributed by atoms with Gasteiger partial charge in [0.15, 0.2) is 4.80 Å². The van der Waals surface area contributed by atoms with Crippen molar-refractivity contribution in [2.24, 2.45) is 4.99 Å². The molecular formula is C32H32FN3O3S. The van der Waals surface area contributed by atoms with Gasteiger partial charge in [0.1, 0.15) is 5.82 Å². The predicted molar refractivity (Wildman–Crippen MR) is 156 cm³/mol. The molecule has 8 heteroatoms. The number of allylic oxidation sites excluding steroid dienone is 1. The fraction of sp³-hybridized carbons (Fsp3) is 0.281. The summed E-state index contributed by atoms with van der Waals surface area (Å²) >= 11 is 1.30. The number of aromatic nitrogens is 2. The van der Waals surface area contributed by atoms with E-state index in [1.807, 2.05) is 54.8 Å². The summed E-state index contributed by atoms with van der Waals surface area (Å²) in [6.45, 7) is 12.0. The van der Waals surface area contributed by atoms with Crippen LogP contribution in [0.15, 0.2) is 75.7 Å². The SMILES string of the molecule is CCOC(=O)C1=C(C)N=c2s/c(=C/c3cc(C)n(-c4ccc(F)cc4)c3C)c(=O)n2[C@@H]1c1ccc(C(C)C)cc1. The maximum absolute atomic E-state index is 14.0. The molecule has 2 aromatic heterocycles. The van der Waals surface area contributed by atoms with Gasteiger partial charge in [-0.2, -0.15) is 0 Å². The quantitative estimate of drug-likeness (QED) is 0.296. The van der Waals surface area contributed by atoms with E-state index in [1.54, 1.807) is 30.5 Å². The first-order valence-corrected chi connectivity index (χ1v) is 14.2. The van der Waals surface area contributed by atoms with Gasteiger partial charge < -0.3 is 9.30 Å². The number of nitrogens with zero attached hydrogens (tertiary/aromatic N) is 3. The Morgan fingerprint density at radius 3 is 2.40 bits per heavy atom. The second kappa shape index (κ2) is 10.8. The van der Waals surface area contributed by atoms with Crippen LogP contribution in [-0.2, 0) is 9.53 Å². The van der Waals surface area contributed by atoms with Crippen molar-refractivity contribution in [2.45, 2.75) is 53.5 Å². The molecule has 2 aromatic carbocycles. The average Bonchev–Trinajstić information content (AvgIpc) is 3.38. The minimum absolute atomic E-state index is 0.220. The standard InChI is InChI=1S/C32H32FN3O3S/c1-7-39-31(38)28-20(5)34-32-36(29(28)23-10-8-22(9-11-23)18(2)3)30(37)27(40-32)17-24-16-19(4)35(21(24)6)26-14-12-25(33)13-15-26/h8-18,29H,7H2,1-6H3/b27-17+/t29-/m1/s1. The van der Waals surface area contributed by atoms with Crippen LogP contribution < -0.4 is 14.9 Å². The first-order valence-electron chi connectivity index (χ1n) is 13.3. The van der Waals surface area contributed by atoms with Crippen LogP contribution in [0.4, 0.5) is 4.39 Å². The zero-order valence-electron chi connectivity index (χ0n) is 23.5. The zero-order valence-corrected chi connectivity index (χ0v) is 24.3. The van der Waals surface area contributed by atoms with Gasteiger partial charge >= 0.3 is 5.97 Å². The Hall–Kier alpha value is -4.04. The molecule has 4 aromatic rings. The van der Waals surface area contributed by atoms with Gasteiger partial charge in [-0.15, -0.1) is 0 Å². The molecule has 0 aliphatic carbocycles. The lowest BCUT2D eigenvalue weighted by atomic mass is 9.93.